The maximum Gasteiger partial charge on any atom is 0.444 e. The van der Waals surface area contributed by atoms with Crippen molar-refractivity contribution < 1.29 is 28.0 Å². The average Bonchev–Trinajstić information content (AvgIpc) is 2.97. The summed E-state index contributed by atoms with van der Waals surface area (Å²) in [5.74, 6) is -0.0642. The van der Waals surface area contributed by atoms with Gasteiger partial charge in [-0.1, -0.05) is 39.0 Å². The molecule has 8 nitrogen and oxygen atoms in total. The van der Waals surface area contributed by atoms with Gasteiger partial charge in [0.05, 0.1) is 19.3 Å². The van der Waals surface area contributed by atoms with E-state index in [-0.39, 0.29) is 16.1 Å². The zero-order valence-electron chi connectivity index (χ0n) is 18.7. The van der Waals surface area contributed by atoms with Crippen molar-refractivity contribution in [3.63, 3.8) is 0 Å². The van der Waals surface area contributed by atoms with Gasteiger partial charge >= 0.3 is 11.0 Å². The topological polar surface area (TPSA) is 93.6 Å². The van der Waals surface area contributed by atoms with Gasteiger partial charge in [-0.05, 0) is 44.1 Å². The number of hydrogen-bond donors (Lipinski definition) is 0. The first-order chi connectivity index (χ1) is 13.9. The second kappa shape index (κ2) is 9.63. The summed E-state index contributed by atoms with van der Waals surface area (Å²) in [6.45, 7) is 15.1. The molecule has 0 bridgehead atoms. The number of para-hydroxylation sites is 1. The van der Waals surface area contributed by atoms with Crippen LogP contribution in [-0.2, 0) is 18.3 Å². The van der Waals surface area contributed by atoms with E-state index in [1.165, 1.54) is 4.90 Å². The van der Waals surface area contributed by atoms with Crippen LogP contribution in [0.5, 0.6) is 5.75 Å². The molecule has 0 spiro atoms. The van der Waals surface area contributed by atoms with Gasteiger partial charge in [0.1, 0.15) is 5.72 Å². The lowest BCUT2D eigenvalue weighted by atomic mass is 10.2. The molecule has 0 aliphatic carbocycles. The van der Waals surface area contributed by atoms with Crippen molar-refractivity contribution in [2.75, 3.05) is 13.2 Å². The summed E-state index contributed by atoms with van der Waals surface area (Å²) in [6, 6.07) is 8.49. The molecule has 10 heteroatoms. The summed E-state index contributed by atoms with van der Waals surface area (Å²) in [6.07, 6.45) is 0. The van der Waals surface area contributed by atoms with Crippen LogP contribution in [0.3, 0.4) is 0 Å². The maximum atomic E-state index is 13.1. The average molecular weight is 454 g/mol. The van der Waals surface area contributed by atoms with Gasteiger partial charge in [0, 0.05) is 0 Å². The smallest absolute Gasteiger partial charge is 0.415 e. The van der Waals surface area contributed by atoms with Crippen molar-refractivity contribution in [1.82, 2.24) is 4.90 Å². The standard InChI is InChI=1S/C20H31N3O5SSi/c1-19(2,3)30(6,7)26-14-15-13-25-20(4,5)23(15)18(24)17(22-21)29-28-27-16-11-9-8-10-12-16/h8-12,15H,13-14H2,1-7H3. The van der Waals surface area contributed by atoms with Gasteiger partial charge in [-0.3, -0.25) is 9.69 Å². The van der Waals surface area contributed by atoms with Crippen molar-refractivity contribution in [2.24, 2.45) is 0 Å². The molecule has 0 saturated carbocycles. The SMILES string of the molecule is CC1(C)OCC(CO[Si](C)(C)C(C)(C)C)N1C(=O)C(=[N+]=[N-])SOOc1ccccc1. The zero-order chi connectivity index (χ0) is 22.6. The Morgan fingerprint density at radius 1 is 1.33 bits per heavy atom. The van der Waals surface area contributed by atoms with Crippen molar-refractivity contribution in [3.8, 4) is 5.75 Å². The van der Waals surface area contributed by atoms with Crippen molar-refractivity contribution in [2.45, 2.75) is 64.5 Å². The Labute approximate surface area is 183 Å². The molecule has 1 unspecified atom stereocenters. The molecule has 1 amide bonds. The highest BCUT2D eigenvalue weighted by Crippen LogP contribution is 2.37. The van der Waals surface area contributed by atoms with E-state index in [9.17, 15) is 10.3 Å². The minimum Gasteiger partial charge on any atom is -0.415 e. The van der Waals surface area contributed by atoms with E-state index in [1.54, 1.807) is 38.1 Å². The Morgan fingerprint density at radius 2 is 1.97 bits per heavy atom. The first kappa shape index (κ1) is 24.6. The van der Waals surface area contributed by atoms with E-state index >= 15 is 0 Å². The molecule has 1 aromatic carbocycles. The van der Waals surface area contributed by atoms with Gasteiger partial charge < -0.3 is 19.6 Å². The van der Waals surface area contributed by atoms with E-state index in [1.807, 2.05) is 6.07 Å². The van der Waals surface area contributed by atoms with Crippen LogP contribution in [0, 0.1) is 0 Å². The maximum absolute atomic E-state index is 13.1. The Hall–Kier alpha value is -1.68. The molecule has 1 aromatic rings. The van der Waals surface area contributed by atoms with Crippen LogP contribution in [-0.4, -0.2) is 53.9 Å². The third-order valence-corrected chi connectivity index (χ3v) is 10.5. The molecule has 1 saturated heterocycles. The molecular weight excluding hydrogens is 422 g/mol. The molecule has 1 atom stereocenters. The summed E-state index contributed by atoms with van der Waals surface area (Å²) >= 11 is 0.541. The van der Waals surface area contributed by atoms with Crippen LogP contribution < -0.4 is 4.89 Å². The Kier molecular flexibility index (Phi) is 7.89. The van der Waals surface area contributed by atoms with Gasteiger partial charge in [-0.2, -0.15) is 4.79 Å². The van der Waals surface area contributed by atoms with Crippen molar-refractivity contribution in [3.05, 3.63) is 35.9 Å². The minimum absolute atomic E-state index is 0.0486. The number of ether oxygens (including phenoxy) is 1. The molecule has 166 valence electrons. The van der Waals surface area contributed by atoms with Gasteiger partial charge in [0.25, 0.3) is 0 Å². The van der Waals surface area contributed by atoms with Gasteiger partial charge in [-0.15, -0.1) is 4.33 Å². The fourth-order valence-electron chi connectivity index (χ4n) is 2.70. The van der Waals surface area contributed by atoms with Gasteiger partial charge in [0.15, 0.2) is 26.1 Å². The Balaban J connectivity index is 2.06. The quantitative estimate of drug-likeness (QED) is 0.0934. The molecule has 0 radical (unpaired) electrons. The number of benzene rings is 1. The zero-order valence-corrected chi connectivity index (χ0v) is 20.5. The molecule has 1 heterocycles. The largest absolute Gasteiger partial charge is 0.444 e. The predicted molar refractivity (Wildman–Crippen MR) is 118 cm³/mol. The number of rotatable bonds is 6. The van der Waals surface area contributed by atoms with E-state index in [4.69, 9.17) is 18.4 Å². The van der Waals surface area contributed by atoms with Crippen LogP contribution in [0.4, 0.5) is 0 Å². The number of carbonyl (C=O) groups is 1. The van der Waals surface area contributed by atoms with Crippen LogP contribution in [0.2, 0.25) is 18.1 Å². The first-order valence-corrected chi connectivity index (χ1v) is 13.4. The summed E-state index contributed by atoms with van der Waals surface area (Å²) in [7, 11) is -2.00. The normalized spacial score (nSPS) is 18.8. The van der Waals surface area contributed by atoms with Gasteiger partial charge in [0.2, 0.25) is 0 Å². The minimum atomic E-state index is -2.00. The summed E-state index contributed by atoms with van der Waals surface area (Å²) < 4.78 is 17.2. The number of nitrogens with zero attached hydrogens (tertiary/aromatic N) is 3. The van der Waals surface area contributed by atoms with E-state index in [0.717, 1.165) is 0 Å². The number of carbonyl (C=O) groups excluding carboxylic acids is 1. The van der Waals surface area contributed by atoms with Crippen LogP contribution in [0.1, 0.15) is 34.6 Å². The molecule has 2 rings (SSSR count). The second-order valence-corrected chi connectivity index (χ2v) is 14.6. The van der Waals surface area contributed by atoms with Crippen molar-refractivity contribution >= 4 is 31.3 Å². The highest BCUT2D eigenvalue weighted by atomic mass is 32.2. The molecule has 0 N–H and O–H groups in total. The monoisotopic (exact) mass is 453 g/mol. The Bertz CT molecular complexity index is 791. The van der Waals surface area contributed by atoms with E-state index in [0.29, 0.717) is 31.0 Å². The number of amides is 1. The summed E-state index contributed by atoms with van der Waals surface area (Å²) in [5, 5.41) is -0.214. The van der Waals surface area contributed by atoms with Crippen molar-refractivity contribution in [1.29, 1.82) is 0 Å². The highest BCUT2D eigenvalue weighted by molar-refractivity contribution is 8.11. The summed E-state index contributed by atoms with van der Waals surface area (Å²) in [4.78, 5) is 22.9. The van der Waals surface area contributed by atoms with Crippen LogP contribution in [0.15, 0.2) is 30.3 Å². The lowest BCUT2D eigenvalue weighted by molar-refractivity contribution is -0.143. The third kappa shape index (κ3) is 5.93. The van der Waals surface area contributed by atoms with E-state index < -0.39 is 19.9 Å². The van der Waals surface area contributed by atoms with Crippen LogP contribution in [0.25, 0.3) is 5.53 Å². The fraction of sp³-hybridized carbons (Fsp3) is 0.600. The van der Waals surface area contributed by atoms with E-state index in [2.05, 4.69) is 38.7 Å². The molecule has 1 aliphatic heterocycles. The highest BCUT2D eigenvalue weighted by Gasteiger charge is 2.49. The molecule has 1 aliphatic rings. The van der Waals surface area contributed by atoms with Gasteiger partial charge in [-0.25, -0.2) is 0 Å². The van der Waals surface area contributed by atoms with Crippen LogP contribution >= 0.6 is 12.0 Å². The molecule has 30 heavy (non-hydrogen) atoms. The molecular formula is C20H31N3O5SSi. The first-order valence-electron chi connectivity index (χ1n) is 9.79. The predicted octanol–water partition coefficient (Wildman–Crippen LogP) is 4.26. The second-order valence-electron chi connectivity index (χ2n) is 9.11. The fourth-order valence-corrected chi connectivity index (χ4v) is 4.12. The molecule has 1 fully saturated rings. The summed E-state index contributed by atoms with van der Waals surface area (Å²) in [5.41, 5.74) is 8.52. The third-order valence-electron chi connectivity index (χ3n) is 5.50. The Morgan fingerprint density at radius 3 is 2.53 bits per heavy atom. The lowest BCUT2D eigenvalue weighted by Crippen LogP contribution is -2.53. The number of hydrogen-bond acceptors (Lipinski definition) is 6. The lowest BCUT2D eigenvalue weighted by Gasteiger charge is -2.38. The molecule has 0 aromatic heterocycles.